The number of rotatable bonds is 5. The molecule has 0 amide bonds. The van der Waals surface area contributed by atoms with Gasteiger partial charge >= 0.3 is 11.9 Å². The first-order chi connectivity index (χ1) is 21.1. The molecular formula is C33H44O12. The number of furan rings is 1. The molecule has 1 spiro atoms. The SMILES string of the molecule is CCC(C)C(=O)OC1OC[C@@]23[C@H]4C(=O)[C@H](O)[C@@]5(C)[C@H](c6ccoc6)C[C@H]6O[C@]65[C@]4(C)[C@H](O)C[C@H]2[C@@]1(C)[C@H](OC(C)=O)[C@H](O)[C@@H]3O. The number of carbonyl (C=O) groups excluding carboxylic acids is 3. The molecule has 0 aromatic carbocycles. The van der Waals surface area contributed by atoms with Gasteiger partial charge in [-0.15, -0.1) is 0 Å². The minimum Gasteiger partial charge on any atom is -0.472 e. The number of hydrogen-bond donors (Lipinski definition) is 4. The molecule has 4 aliphatic carbocycles. The third kappa shape index (κ3) is 3.36. The van der Waals surface area contributed by atoms with Gasteiger partial charge in [-0.3, -0.25) is 14.4 Å². The summed E-state index contributed by atoms with van der Waals surface area (Å²) in [5.74, 6) is -4.73. The molecule has 12 nitrogen and oxygen atoms in total. The fourth-order valence-electron chi connectivity index (χ4n) is 11.3. The second kappa shape index (κ2) is 9.60. The van der Waals surface area contributed by atoms with Gasteiger partial charge in [0.15, 0.2) is 5.78 Å². The lowest BCUT2D eigenvalue weighted by Gasteiger charge is -2.73. The van der Waals surface area contributed by atoms with Crippen LogP contribution >= 0.6 is 0 Å². The number of ether oxygens (including phenoxy) is 4. The number of ketones is 1. The van der Waals surface area contributed by atoms with Crippen LogP contribution in [-0.4, -0.2) is 93.3 Å². The molecule has 248 valence electrons. The number of carbonyl (C=O) groups is 3. The lowest BCUT2D eigenvalue weighted by Crippen LogP contribution is -2.84. The summed E-state index contributed by atoms with van der Waals surface area (Å²) in [6.45, 7) is 9.66. The predicted molar refractivity (Wildman–Crippen MR) is 152 cm³/mol. The Labute approximate surface area is 261 Å². The van der Waals surface area contributed by atoms with E-state index >= 15 is 0 Å². The van der Waals surface area contributed by atoms with Crippen molar-refractivity contribution in [1.29, 1.82) is 0 Å². The van der Waals surface area contributed by atoms with Crippen LogP contribution in [0.1, 0.15) is 72.3 Å². The van der Waals surface area contributed by atoms with E-state index in [2.05, 4.69) is 0 Å². The standard InChI is InChI=1S/C33H44O12/c1-7-14(2)27(40)44-28-29(4)18-11-19(35)31(6)23(32(18,13-42-28)25(39)22(37)26(29)43-15(3)34)21(36)24(38)30(5)17(16-8-9-41-12-16)10-20-33(30,31)45-20/h8-9,12,14,17-20,22-26,28,35,37-39H,7,10-11,13H2,1-6H3/t14?,17-,18-,19+,20+,22+,23-,24-,25-,26+,28?,29-,30+,31+,32-,33+/m0/s1. The first-order valence-corrected chi connectivity index (χ1v) is 16.0. The Bertz CT molecular complexity index is 1410. The van der Waals surface area contributed by atoms with Crippen molar-refractivity contribution in [2.24, 2.45) is 39.4 Å². The molecule has 1 aromatic rings. The maximum absolute atomic E-state index is 14.8. The van der Waals surface area contributed by atoms with Gasteiger partial charge in [-0.25, -0.2) is 0 Å². The maximum Gasteiger partial charge on any atom is 0.310 e. The Morgan fingerprint density at radius 1 is 1.09 bits per heavy atom. The molecular weight excluding hydrogens is 588 g/mol. The van der Waals surface area contributed by atoms with Crippen molar-refractivity contribution < 1.29 is 58.2 Å². The first kappa shape index (κ1) is 31.3. The second-order valence-electron chi connectivity index (χ2n) is 15.1. The third-order valence-electron chi connectivity index (χ3n) is 13.6. The lowest BCUT2D eigenvalue weighted by molar-refractivity contribution is -0.391. The molecule has 4 N–H and O–H groups in total. The van der Waals surface area contributed by atoms with Crippen molar-refractivity contribution in [3.63, 3.8) is 0 Å². The van der Waals surface area contributed by atoms with Crippen LogP contribution in [0.3, 0.4) is 0 Å². The fourth-order valence-corrected chi connectivity index (χ4v) is 11.3. The van der Waals surface area contributed by atoms with E-state index in [4.69, 9.17) is 23.4 Å². The molecule has 3 heterocycles. The third-order valence-corrected chi connectivity index (χ3v) is 13.6. The highest BCUT2D eigenvalue weighted by molar-refractivity contribution is 5.91. The number of fused-ring (bicyclic) bond motifs is 1. The minimum atomic E-state index is -1.70. The summed E-state index contributed by atoms with van der Waals surface area (Å²) >= 11 is 0. The van der Waals surface area contributed by atoms with Crippen LogP contribution in [0.5, 0.6) is 0 Å². The summed E-state index contributed by atoms with van der Waals surface area (Å²) in [6.07, 6.45) is -5.08. The molecule has 2 saturated heterocycles. The average molecular weight is 633 g/mol. The molecule has 2 bridgehead atoms. The van der Waals surface area contributed by atoms with Crippen molar-refractivity contribution in [1.82, 2.24) is 0 Å². The Morgan fingerprint density at radius 3 is 2.42 bits per heavy atom. The molecule has 45 heavy (non-hydrogen) atoms. The van der Waals surface area contributed by atoms with Crippen LogP contribution in [0.4, 0.5) is 0 Å². The van der Waals surface area contributed by atoms with E-state index in [1.165, 1.54) is 6.92 Å². The quantitative estimate of drug-likeness (QED) is 0.271. The summed E-state index contributed by atoms with van der Waals surface area (Å²) in [5, 5.41) is 48.3. The number of aliphatic hydroxyl groups is 4. The zero-order chi connectivity index (χ0) is 32.6. The molecule has 6 aliphatic rings. The Kier molecular flexibility index (Phi) is 6.67. The van der Waals surface area contributed by atoms with E-state index in [1.807, 2.05) is 19.9 Å². The molecule has 12 heteroatoms. The predicted octanol–water partition coefficient (Wildman–Crippen LogP) is 1.46. The molecule has 1 aromatic heterocycles. The van der Waals surface area contributed by atoms with Crippen LogP contribution in [0, 0.1) is 39.4 Å². The Hall–Kier alpha value is -2.35. The Morgan fingerprint density at radius 2 is 1.80 bits per heavy atom. The van der Waals surface area contributed by atoms with Gasteiger partial charge < -0.3 is 43.8 Å². The van der Waals surface area contributed by atoms with Crippen molar-refractivity contribution in [2.75, 3.05) is 6.61 Å². The van der Waals surface area contributed by atoms with Gasteiger partial charge in [0.1, 0.15) is 23.9 Å². The second-order valence-corrected chi connectivity index (χ2v) is 15.1. The summed E-state index contributed by atoms with van der Waals surface area (Å²) in [7, 11) is 0. The molecule has 0 radical (unpaired) electrons. The monoisotopic (exact) mass is 632 g/mol. The van der Waals surface area contributed by atoms with Crippen molar-refractivity contribution in [2.45, 2.75) is 115 Å². The number of Topliss-reactive ketones (excluding diaryl/α,β-unsaturated/α-hetero) is 1. The van der Waals surface area contributed by atoms with Crippen LogP contribution in [-0.2, 0) is 33.3 Å². The van der Waals surface area contributed by atoms with Crippen molar-refractivity contribution in [3.05, 3.63) is 24.2 Å². The van der Waals surface area contributed by atoms with Gasteiger partial charge in [0.05, 0.1) is 48.8 Å². The van der Waals surface area contributed by atoms with E-state index < -0.39 is 99.5 Å². The Balaban J connectivity index is 1.39. The molecule has 2 unspecified atom stereocenters. The van der Waals surface area contributed by atoms with E-state index in [9.17, 15) is 34.8 Å². The van der Waals surface area contributed by atoms with Crippen molar-refractivity contribution in [3.8, 4) is 0 Å². The fraction of sp³-hybridized carbons (Fsp3) is 0.788. The molecule has 16 atom stereocenters. The van der Waals surface area contributed by atoms with Crippen molar-refractivity contribution >= 4 is 17.7 Å². The maximum atomic E-state index is 14.8. The largest absolute Gasteiger partial charge is 0.472 e. The van der Waals surface area contributed by atoms with E-state index in [0.717, 1.165) is 5.56 Å². The number of aliphatic hydroxyl groups excluding tert-OH is 4. The highest BCUT2D eigenvalue weighted by atomic mass is 16.7. The zero-order valence-corrected chi connectivity index (χ0v) is 26.5. The van der Waals surface area contributed by atoms with Gasteiger partial charge in [0.25, 0.3) is 0 Å². The number of hydrogen-bond acceptors (Lipinski definition) is 12. The topological polar surface area (TPSA) is 185 Å². The average Bonchev–Trinajstić information content (AvgIpc) is 3.35. The highest BCUT2D eigenvalue weighted by Crippen LogP contribution is 2.82. The van der Waals surface area contributed by atoms with Crippen LogP contribution < -0.4 is 0 Å². The van der Waals surface area contributed by atoms with E-state index in [1.54, 1.807) is 33.3 Å². The number of esters is 2. The smallest absolute Gasteiger partial charge is 0.310 e. The number of epoxide rings is 1. The summed E-state index contributed by atoms with van der Waals surface area (Å²) in [4.78, 5) is 40.3. The summed E-state index contributed by atoms with van der Waals surface area (Å²) in [6, 6.07) is 1.81. The molecule has 7 rings (SSSR count). The molecule has 4 saturated carbocycles. The molecule has 2 aliphatic heterocycles. The van der Waals surface area contributed by atoms with Crippen LogP contribution in [0.2, 0.25) is 0 Å². The highest BCUT2D eigenvalue weighted by Gasteiger charge is 2.92. The lowest BCUT2D eigenvalue weighted by atomic mass is 9.33. The van der Waals surface area contributed by atoms with Crippen LogP contribution in [0.25, 0.3) is 0 Å². The van der Waals surface area contributed by atoms with Gasteiger partial charge in [-0.05, 0) is 43.7 Å². The molecule has 6 fully saturated rings. The summed E-state index contributed by atoms with van der Waals surface area (Å²) < 4.78 is 29.7. The summed E-state index contributed by atoms with van der Waals surface area (Å²) in [5.41, 5.74) is -5.84. The van der Waals surface area contributed by atoms with Gasteiger partial charge in [0.2, 0.25) is 6.29 Å². The van der Waals surface area contributed by atoms with Gasteiger partial charge in [-0.2, -0.15) is 0 Å². The minimum absolute atomic E-state index is 0.000547. The van der Waals surface area contributed by atoms with Gasteiger partial charge in [-0.1, -0.05) is 27.7 Å². The van der Waals surface area contributed by atoms with Gasteiger partial charge in [0, 0.05) is 35.0 Å². The van der Waals surface area contributed by atoms with Crippen LogP contribution in [0.15, 0.2) is 23.0 Å². The zero-order valence-electron chi connectivity index (χ0n) is 26.5. The normalized spacial score (nSPS) is 53.3. The van der Waals surface area contributed by atoms with E-state index in [0.29, 0.717) is 12.8 Å². The first-order valence-electron chi connectivity index (χ1n) is 16.0. The van der Waals surface area contributed by atoms with E-state index in [-0.39, 0.29) is 25.0 Å².